The third-order valence-electron chi connectivity index (χ3n) is 4.42. The Bertz CT molecular complexity index is 1020. The Morgan fingerprint density at radius 2 is 1.31 bits per heavy atom. The van der Waals surface area contributed by atoms with Crippen LogP contribution in [0.1, 0.15) is 15.9 Å². The van der Waals surface area contributed by atoms with E-state index in [1.807, 2.05) is 0 Å². The van der Waals surface area contributed by atoms with E-state index in [9.17, 15) is 36.2 Å². The molecule has 152 valence electrons. The van der Waals surface area contributed by atoms with Gasteiger partial charge < -0.3 is 10.4 Å². The van der Waals surface area contributed by atoms with Crippen LogP contribution < -0.4 is 5.32 Å². The Balaban J connectivity index is 1.90. The predicted octanol–water partition coefficient (Wildman–Crippen LogP) is 5.40. The van der Waals surface area contributed by atoms with E-state index in [0.717, 1.165) is 17.5 Å². The second-order valence-electron chi connectivity index (χ2n) is 6.26. The van der Waals surface area contributed by atoms with Gasteiger partial charge in [-0.3, -0.25) is 4.79 Å². The molecule has 3 rings (SSSR count). The lowest BCUT2D eigenvalue weighted by atomic mass is 9.92. The Kier molecular flexibility index (Phi) is 5.04. The highest BCUT2D eigenvalue weighted by molar-refractivity contribution is 6.12. The van der Waals surface area contributed by atoms with Crippen molar-refractivity contribution in [3.8, 4) is 0 Å². The summed E-state index contributed by atoms with van der Waals surface area (Å²) in [6.45, 7) is 0. The normalized spacial score (nSPS) is 12.8. The summed E-state index contributed by atoms with van der Waals surface area (Å²) in [5.41, 5.74) is -6.16. The number of fused-ring (bicyclic) bond motifs is 1. The zero-order valence-electron chi connectivity index (χ0n) is 14.5. The van der Waals surface area contributed by atoms with Crippen molar-refractivity contribution in [2.75, 3.05) is 5.32 Å². The summed E-state index contributed by atoms with van der Waals surface area (Å²) in [7, 11) is 0. The molecule has 3 aromatic carbocycles. The maximum Gasteiger partial charge on any atom is 0.430 e. The molecule has 0 atom stereocenters. The number of nitrogens with one attached hydrogen (secondary N) is 1. The molecular formula is C20H13F6NO2. The van der Waals surface area contributed by atoms with Gasteiger partial charge in [0.25, 0.3) is 11.5 Å². The molecule has 0 aromatic heterocycles. The minimum Gasteiger partial charge on any atom is -0.369 e. The first kappa shape index (κ1) is 20.7. The molecule has 0 heterocycles. The first-order valence-corrected chi connectivity index (χ1v) is 8.20. The molecule has 0 aliphatic heterocycles. The van der Waals surface area contributed by atoms with Crippen molar-refractivity contribution < 1.29 is 36.2 Å². The second-order valence-corrected chi connectivity index (χ2v) is 6.26. The predicted molar refractivity (Wildman–Crippen MR) is 94.3 cm³/mol. The quantitative estimate of drug-likeness (QED) is 0.565. The van der Waals surface area contributed by atoms with E-state index in [4.69, 9.17) is 0 Å². The van der Waals surface area contributed by atoms with E-state index in [2.05, 4.69) is 5.32 Å². The summed E-state index contributed by atoms with van der Waals surface area (Å²) in [6, 6.07) is 14.6. The first-order valence-electron chi connectivity index (χ1n) is 8.20. The van der Waals surface area contributed by atoms with Crippen LogP contribution in [0, 0.1) is 0 Å². The molecule has 3 aromatic rings. The molecule has 0 aliphatic carbocycles. The smallest absolute Gasteiger partial charge is 0.369 e. The number of hydrogen-bond acceptors (Lipinski definition) is 2. The highest BCUT2D eigenvalue weighted by atomic mass is 19.4. The van der Waals surface area contributed by atoms with Crippen molar-refractivity contribution in [3.63, 3.8) is 0 Å². The molecule has 3 nitrogen and oxygen atoms in total. The van der Waals surface area contributed by atoms with Gasteiger partial charge in [-0.05, 0) is 29.0 Å². The van der Waals surface area contributed by atoms with E-state index in [-0.39, 0.29) is 11.3 Å². The van der Waals surface area contributed by atoms with Crippen LogP contribution in [0.3, 0.4) is 0 Å². The summed E-state index contributed by atoms with van der Waals surface area (Å²) in [5.74, 6) is -0.587. The van der Waals surface area contributed by atoms with Crippen molar-refractivity contribution in [3.05, 3.63) is 77.9 Å². The van der Waals surface area contributed by atoms with Crippen LogP contribution in [-0.2, 0) is 5.60 Å². The number of carbonyl (C=O) groups is 1. The average Bonchev–Trinajstić information content (AvgIpc) is 2.65. The number of hydrogen-bond donors (Lipinski definition) is 2. The third-order valence-corrected chi connectivity index (χ3v) is 4.42. The lowest BCUT2D eigenvalue weighted by molar-refractivity contribution is -0.376. The maximum atomic E-state index is 12.9. The van der Waals surface area contributed by atoms with Crippen molar-refractivity contribution >= 4 is 22.4 Å². The standard InChI is InChI=1S/C20H13F6NO2/c21-19(22,23)18(29,20(24,25)26)13-8-10-14(11-9-13)27-17(28)16-7-3-5-12-4-1-2-6-15(12)16/h1-11,29H,(H,27,28). The number of halogens is 6. The number of aliphatic hydroxyl groups is 1. The summed E-state index contributed by atoms with van der Waals surface area (Å²) < 4.78 is 77.6. The van der Waals surface area contributed by atoms with Crippen LogP contribution >= 0.6 is 0 Å². The molecule has 0 unspecified atom stereocenters. The number of alkyl halides is 6. The van der Waals surface area contributed by atoms with Gasteiger partial charge >= 0.3 is 12.4 Å². The van der Waals surface area contributed by atoms with Crippen LogP contribution in [0.25, 0.3) is 10.8 Å². The number of benzene rings is 3. The fourth-order valence-corrected chi connectivity index (χ4v) is 2.90. The van der Waals surface area contributed by atoms with Crippen molar-refractivity contribution in [2.24, 2.45) is 0 Å². The lowest BCUT2D eigenvalue weighted by Crippen LogP contribution is -2.53. The second kappa shape index (κ2) is 7.07. The monoisotopic (exact) mass is 413 g/mol. The van der Waals surface area contributed by atoms with Gasteiger partial charge in [0.1, 0.15) is 0 Å². The van der Waals surface area contributed by atoms with Crippen molar-refractivity contribution in [1.82, 2.24) is 0 Å². The van der Waals surface area contributed by atoms with Gasteiger partial charge in [-0.15, -0.1) is 0 Å². The highest BCUT2D eigenvalue weighted by Crippen LogP contribution is 2.50. The zero-order valence-corrected chi connectivity index (χ0v) is 14.5. The van der Waals surface area contributed by atoms with E-state index in [1.165, 1.54) is 6.07 Å². The fraction of sp³-hybridized carbons (Fsp3) is 0.150. The SMILES string of the molecule is O=C(Nc1ccc(C(O)(C(F)(F)F)C(F)(F)F)cc1)c1cccc2ccccc12. The van der Waals surface area contributed by atoms with Crippen molar-refractivity contribution in [2.45, 2.75) is 18.0 Å². The molecule has 1 amide bonds. The molecule has 0 saturated carbocycles. The molecule has 0 saturated heterocycles. The molecule has 29 heavy (non-hydrogen) atoms. The van der Waals surface area contributed by atoms with Crippen molar-refractivity contribution in [1.29, 1.82) is 0 Å². The van der Waals surface area contributed by atoms with Crippen LogP contribution in [0.5, 0.6) is 0 Å². The van der Waals surface area contributed by atoms with E-state index in [0.29, 0.717) is 17.5 Å². The minimum absolute atomic E-state index is 0.0293. The van der Waals surface area contributed by atoms with Gasteiger partial charge in [0.15, 0.2) is 0 Å². The number of amides is 1. The molecular weight excluding hydrogens is 400 g/mol. The highest BCUT2D eigenvalue weighted by Gasteiger charge is 2.71. The van der Waals surface area contributed by atoms with E-state index in [1.54, 1.807) is 36.4 Å². The molecule has 0 bridgehead atoms. The molecule has 0 spiro atoms. The Hall–Kier alpha value is -3.07. The zero-order chi connectivity index (χ0) is 21.4. The summed E-state index contributed by atoms with van der Waals surface area (Å²) in [5, 5.41) is 13.2. The van der Waals surface area contributed by atoms with Gasteiger partial charge in [0.05, 0.1) is 0 Å². The van der Waals surface area contributed by atoms with E-state index < -0.39 is 29.4 Å². The molecule has 0 radical (unpaired) electrons. The van der Waals surface area contributed by atoms with Crippen LogP contribution in [0.2, 0.25) is 0 Å². The third kappa shape index (κ3) is 3.65. The average molecular weight is 413 g/mol. The van der Waals surface area contributed by atoms with Gasteiger partial charge in [-0.1, -0.05) is 48.5 Å². The number of anilines is 1. The molecule has 2 N–H and O–H groups in total. The summed E-state index contributed by atoms with van der Waals surface area (Å²) in [6.07, 6.45) is -11.9. The van der Waals surface area contributed by atoms with Crippen LogP contribution in [0.4, 0.5) is 32.0 Å². The summed E-state index contributed by atoms with van der Waals surface area (Å²) >= 11 is 0. The first-order chi connectivity index (χ1) is 13.4. The lowest BCUT2D eigenvalue weighted by Gasteiger charge is -2.32. The fourth-order valence-electron chi connectivity index (χ4n) is 2.90. The Labute approximate surface area is 160 Å². The van der Waals surface area contributed by atoms with Gasteiger partial charge in [0, 0.05) is 16.8 Å². The summed E-state index contributed by atoms with van der Waals surface area (Å²) in [4.78, 5) is 12.5. The van der Waals surface area contributed by atoms with Crippen LogP contribution in [0.15, 0.2) is 66.7 Å². The largest absolute Gasteiger partial charge is 0.430 e. The molecule has 9 heteroatoms. The van der Waals surface area contributed by atoms with Gasteiger partial charge in [-0.2, -0.15) is 26.3 Å². The van der Waals surface area contributed by atoms with E-state index >= 15 is 0 Å². The van der Waals surface area contributed by atoms with Gasteiger partial charge in [-0.25, -0.2) is 0 Å². The minimum atomic E-state index is -5.97. The molecule has 0 aliphatic rings. The van der Waals surface area contributed by atoms with Gasteiger partial charge in [0.2, 0.25) is 0 Å². The Morgan fingerprint density at radius 1 is 0.759 bits per heavy atom. The Morgan fingerprint density at radius 3 is 1.90 bits per heavy atom. The number of rotatable bonds is 3. The topological polar surface area (TPSA) is 49.3 Å². The molecule has 0 fully saturated rings. The van der Waals surface area contributed by atoms with Crippen LogP contribution in [-0.4, -0.2) is 23.4 Å². The number of carbonyl (C=O) groups excluding carboxylic acids is 1. The maximum absolute atomic E-state index is 12.9.